The highest BCUT2D eigenvalue weighted by molar-refractivity contribution is 5.97. The molecule has 0 aromatic heterocycles. The monoisotopic (exact) mass is 1720 g/mol. The van der Waals surface area contributed by atoms with E-state index >= 15 is 0 Å². The summed E-state index contributed by atoms with van der Waals surface area (Å²) < 4.78 is 0. The van der Waals surface area contributed by atoms with E-state index in [1.165, 1.54) is 89.1 Å². The number of hydrogen-bond donors (Lipinski definition) is 0. The maximum Gasteiger partial charge on any atom is 0.0464 e. The van der Waals surface area contributed by atoms with E-state index in [1.807, 2.05) is 0 Å². The van der Waals surface area contributed by atoms with Gasteiger partial charge in [-0.3, -0.25) is 0 Å². The van der Waals surface area contributed by atoms with E-state index in [0.717, 1.165) is 102 Å². The summed E-state index contributed by atoms with van der Waals surface area (Å²) in [6, 6.07) is 194. The third-order valence-electron chi connectivity index (χ3n) is 24.5. The van der Waals surface area contributed by atoms with Crippen LogP contribution in [0.25, 0.3) is 68.9 Å². The van der Waals surface area contributed by atoms with Crippen molar-refractivity contribution in [2.45, 2.75) is 13.8 Å². The number of nitrogens with zero attached hydrogens (tertiary/aromatic N) is 4. The molecule has 0 fully saturated rings. The largest absolute Gasteiger partial charge is 0.311 e. The van der Waals surface area contributed by atoms with E-state index < -0.39 is 0 Å². The lowest BCUT2D eigenvalue weighted by atomic mass is 9.94. The molecule has 4 heteroatoms. The molecule has 0 bridgehead atoms. The van der Waals surface area contributed by atoms with Crippen LogP contribution in [0.2, 0.25) is 0 Å². The van der Waals surface area contributed by atoms with Gasteiger partial charge in [-0.05, 0) is 306 Å². The molecular formula is C130H100N4. The minimum absolute atomic E-state index is 1.09. The van der Waals surface area contributed by atoms with E-state index in [0.29, 0.717) is 0 Å². The predicted molar refractivity (Wildman–Crippen MR) is 571 cm³/mol. The van der Waals surface area contributed by atoms with Crippen molar-refractivity contribution in [2.24, 2.45) is 0 Å². The van der Waals surface area contributed by atoms with Gasteiger partial charge in [0, 0.05) is 68.2 Å². The normalized spacial score (nSPS) is 10.8. The van der Waals surface area contributed by atoms with E-state index in [4.69, 9.17) is 0 Å². The fourth-order valence-corrected chi connectivity index (χ4v) is 17.6. The quantitative estimate of drug-likeness (QED) is 0.0501. The van der Waals surface area contributed by atoms with Gasteiger partial charge in [-0.1, -0.05) is 400 Å². The van der Waals surface area contributed by atoms with Gasteiger partial charge in [0.25, 0.3) is 0 Å². The Labute approximate surface area is 788 Å². The lowest BCUT2D eigenvalue weighted by molar-refractivity contribution is 1.26. The second-order valence-corrected chi connectivity index (χ2v) is 33.3. The van der Waals surface area contributed by atoms with Crippen LogP contribution < -0.4 is 19.6 Å². The van der Waals surface area contributed by atoms with Gasteiger partial charge in [-0.15, -0.1) is 0 Å². The second-order valence-electron chi connectivity index (χ2n) is 33.3. The van der Waals surface area contributed by atoms with Crippen LogP contribution in [-0.2, 0) is 0 Å². The molecule has 0 radical (unpaired) electrons. The van der Waals surface area contributed by atoms with E-state index in [2.05, 4.69) is 604 Å². The number of anilines is 12. The molecule has 640 valence electrons. The zero-order valence-corrected chi connectivity index (χ0v) is 75.1. The number of aryl methyl sites for hydroxylation is 2. The fourth-order valence-electron chi connectivity index (χ4n) is 17.6. The standard InChI is InChI=1S/C66H52N2.C64H48N2/c1-49-45-63(43-37-57(49)47-65(53-21-9-3-10-22-53)54-23-11-4-12-24-54)67(59-29-17-7-18-30-59)61-39-33-51(34-40-61)52-35-41-62(42-36-52)68(60-31-19-8-20-32-60)64-44-38-58(50(2)46-64)48-66(55-25-13-5-14-26-55)56-27-15-6-16-28-56;1-7-19-53(20-8-1)63(54-21-9-2-10-22-54)47-49-31-39-59(40-32-49)65(57-27-15-5-16-28-57)61-43-35-51(36-44-61)52-37-45-62(46-38-52)66(58-29-17-6-18-30-58)60-41-33-50(34-42-60)48-64(55-23-11-3-12-24-55)56-25-13-4-14-26-56/h3-48H,1-2H3;1-48H. The Morgan fingerprint density at radius 2 is 0.291 bits per heavy atom. The van der Waals surface area contributed by atoms with Crippen molar-refractivity contribution < 1.29 is 0 Å². The summed E-state index contributed by atoms with van der Waals surface area (Å²) in [4.78, 5) is 9.32. The zero-order valence-electron chi connectivity index (χ0n) is 75.1. The van der Waals surface area contributed by atoms with Gasteiger partial charge in [-0.2, -0.15) is 0 Å². The average Bonchev–Trinajstić information content (AvgIpc) is 0.792. The minimum atomic E-state index is 1.09. The first-order valence-electron chi connectivity index (χ1n) is 45.8. The third kappa shape index (κ3) is 20.5. The summed E-state index contributed by atoms with van der Waals surface area (Å²) in [5.41, 5.74) is 39.2. The van der Waals surface area contributed by atoms with E-state index in [-0.39, 0.29) is 0 Å². The molecule has 20 rings (SSSR count). The molecule has 0 heterocycles. The number of hydrogen-bond acceptors (Lipinski definition) is 4. The molecule has 0 saturated carbocycles. The van der Waals surface area contributed by atoms with Gasteiger partial charge in [-0.25, -0.2) is 0 Å². The summed E-state index contributed by atoms with van der Waals surface area (Å²) in [6.07, 6.45) is 9.20. The van der Waals surface area contributed by atoms with Gasteiger partial charge < -0.3 is 19.6 Å². The smallest absolute Gasteiger partial charge is 0.0464 e. The molecule has 0 aliphatic rings. The lowest BCUT2D eigenvalue weighted by Crippen LogP contribution is -2.10. The van der Waals surface area contributed by atoms with Crippen molar-refractivity contribution in [3.63, 3.8) is 0 Å². The fraction of sp³-hybridized carbons (Fsp3) is 0.0154. The van der Waals surface area contributed by atoms with Crippen molar-refractivity contribution in [3.05, 3.63) is 624 Å². The Bertz CT molecular complexity index is 6720. The summed E-state index contributed by atoms with van der Waals surface area (Å²) in [5.74, 6) is 0. The molecule has 0 amide bonds. The van der Waals surface area contributed by atoms with Crippen molar-refractivity contribution in [1.29, 1.82) is 0 Å². The maximum atomic E-state index is 2.34. The first-order chi connectivity index (χ1) is 66.3. The van der Waals surface area contributed by atoms with Crippen LogP contribution >= 0.6 is 0 Å². The number of rotatable bonds is 26. The molecule has 134 heavy (non-hydrogen) atoms. The molecular weight excluding hydrogens is 1620 g/mol. The Hall–Kier alpha value is -17.4. The Morgan fingerprint density at radius 3 is 0.478 bits per heavy atom. The topological polar surface area (TPSA) is 13.0 Å². The van der Waals surface area contributed by atoms with Gasteiger partial charge >= 0.3 is 0 Å². The van der Waals surface area contributed by atoms with E-state index in [9.17, 15) is 0 Å². The molecule has 20 aromatic carbocycles. The van der Waals surface area contributed by atoms with Gasteiger partial charge in [0.2, 0.25) is 0 Å². The molecule has 0 aliphatic heterocycles. The maximum absolute atomic E-state index is 2.34. The van der Waals surface area contributed by atoms with Crippen LogP contribution in [-0.4, -0.2) is 0 Å². The van der Waals surface area contributed by atoms with Crippen molar-refractivity contribution in [3.8, 4) is 22.3 Å². The predicted octanol–water partition coefficient (Wildman–Crippen LogP) is 35.6. The van der Waals surface area contributed by atoms with Crippen LogP contribution in [0.3, 0.4) is 0 Å². The van der Waals surface area contributed by atoms with Gasteiger partial charge in [0.15, 0.2) is 0 Å². The molecule has 0 aliphatic carbocycles. The van der Waals surface area contributed by atoms with Gasteiger partial charge in [0.05, 0.1) is 0 Å². The van der Waals surface area contributed by atoms with Crippen LogP contribution in [0.1, 0.15) is 77.9 Å². The molecule has 4 nitrogen and oxygen atoms in total. The highest BCUT2D eigenvalue weighted by Crippen LogP contribution is 2.44. The van der Waals surface area contributed by atoms with E-state index in [1.54, 1.807) is 0 Å². The van der Waals surface area contributed by atoms with Crippen LogP contribution in [0.15, 0.2) is 546 Å². The summed E-state index contributed by atoms with van der Waals surface area (Å²) in [5, 5.41) is 0. The van der Waals surface area contributed by atoms with Crippen LogP contribution in [0, 0.1) is 13.8 Å². The Morgan fingerprint density at radius 1 is 0.142 bits per heavy atom. The summed E-state index contributed by atoms with van der Waals surface area (Å²) >= 11 is 0. The Kier molecular flexibility index (Phi) is 26.8. The molecule has 0 N–H and O–H groups in total. The molecule has 0 spiro atoms. The molecule has 0 atom stereocenters. The molecule has 0 unspecified atom stereocenters. The first-order valence-corrected chi connectivity index (χ1v) is 45.8. The average molecular weight is 1720 g/mol. The summed E-state index contributed by atoms with van der Waals surface area (Å²) in [6.45, 7) is 4.42. The van der Waals surface area contributed by atoms with Crippen molar-refractivity contribution in [2.75, 3.05) is 19.6 Å². The zero-order chi connectivity index (χ0) is 90.4. The first kappa shape index (κ1) is 86.0. The minimum Gasteiger partial charge on any atom is -0.311 e. The number of para-hydroxylation sites is 4. The summed E-state index contributed by atoms with van der Waals surface area (Å²) in [7, 11) is 0. The molecule has 0 saturated heterocycles. The SMILES string of the molecule is C(=C(c1ccccc1)c1ccccc1)c1ccc(N(c2ccccc2)c2ccc(-c3ccc(N(c4ccccc4)c4ccc(C=C(c5ccccc5)c5ccccc5)cc4)cc3)cc2)cc1.Cc1cc(N(c2ccccc2)c2ccc(-c3ccc(N(c4ccccc4)c4ccc(C=C(c5ccccc5)c5ccccc5)c(C)c4)cc3)cc2)ccc1C=C(c1ccccc1)c1ccccc1. The van der Waals surface area contributed by atoms with Gasteiger partial charge in [0.1, 0.15) is 0 Å². The Balaban J connectivity index is 0.000000172. The van der Waals surface area contributed by atoms with Crippen LogP contribution in [0.5, 0.6) is 0 Å². The second kappa shape index (κ2) is 41.8. The lowest BCUT2D eigenvalue weighted by Gasteiger charge is -2.27. The van der Waals surface area contributed by atoms with Crippen molar-refractivity contribution in [1.82, 2.24) is 0 Å². The molecule has 20 aromatic rings. The highest BCUT2D eigenvalue weighted by Gasteiger charge is 2.21. The third-order valence-corrected chi connectivity index (χ3v) is 24.5. The van der Waals surface area contributed by atoms with Crippen molar-refractivity contribution >= 4 is 115 Å². The number of benzene rings is 20. The van der Waals surface area contributed by atoms with Crippen LogP contribution in [0.4, 0.5) is 68.2 Å². The highest BCUT2D eigenvalue weighted by atomic mass is 15.2.